The number of nitrogens with one attached hydrogen (secondary N) is 2. The molecule has 0 spiro atoms. The van der Waals surface area contributed by atoms with Gasteiger partial charge in [-0.05, 0) is 55.1 Å². The quantitative estimate of drug-likeness (QED) is 0.816. The molecule has 3 fully saturated rings. The summed E-state index contributed by atoms with van der Waals surface area (Å²) in [7, 11) is 0. The van der Waals surface area contributed by atoms with Crippen LogP contribution in [0.25, 0.3) is 0 Å². The maximum atomic E-state index is 13.0. The SMILES string of the molecule is CC(C)CN1NC2CCC3C4NN=CC=C4CCC(C1=O)C23. The molecule has 0 aromatic heterocycles. The van der Waals surface area contributed by atoms with Crippen molar-refractivity contribution < 1.29 is 4.79 Å². The molecular weight excluding hydrogens is 276 g/mol. The molecule has 4 rings (SSSR count). The number of hydrazone groups is 1. The Labute approximate surface area is 132 Å². The highest BCUT2D eigenvalue weighted by molar-refractivity contribution is 5.80. The molecular formula is C17H26N4O. The molecule has 2 aliphatic heterocycles. The lowest BCUT2D eigenvalue weighted by molar-refractivity contribution is -0.149. The Hall–Kier alpha value is -1.36. The molecule has 2 aliphatic carbocycles. The van der Waals surface area contributed by atoms with Gasteiger partial charge in [-0.3, -0.25) is 9.80 Å². The van der Waals surface area contributed by atoms with Crippen LogP contribution in [0.2, 0.25) is 0 Å². The third-order valence-electron chi connectivity index (χ3n) is 5.84. The van der Waals surface area contributed by atoms with Gasteiger partial charge in [-0.2, -0.15) is 5.10 Å². The van der Waals surface area contributed by atoms with Crippen LogP contribution in [0.1, 0.15) is 39.5 Å². The first-order valence-corrected chi connectivity index (χ1v) is 8.70. The van der Waals surface area contributed by atoms with E-state index in [0.717, 1.165) is 19.4 Å². The van der Waals surface area contributed by atoms with Crippen LogP contribution in [0.15, 0.2) is 16.8 Å². The van der Waals surface area contributed by atoms with E-state index in [-0.39, 0.29) is 5.92 Å². The molecule has 1 saturated heterocycles. The fourth-order valence-corrected chi connectivity index (χ4v) is 5.00. The molecule has 120 valence electrons. The van der Waals surface area contributed by atoms with Crippen LogP contribution in [-0.2, 0) is 4.79 Å². The van der Waals surface area contributed by atoms with Crippen LogP contribution >= 0.6 is 0 Å². The zero-order valence-electron chi connectivity index (χ0n) is 13.5. The van der Waals surface area contributed by atoms with Crippen molar-refractivity contribution in [1.82, 2.24) is 15.9 Å². The van der Waals surface area contributed by atoms with Crippen molar-refractivity contribution in [1.29, 1.82) is 0 Å². The number of hydrazine groups is 1. The number of nitrogens with zero attached hydrogens (tertiary/aromatic N) is 2. The summed E-state index contributed by atoms with van der Waals surface area (Å²) in [4.78, 5) is 13.0. The summed E-state index contributed by atoms with van der Waals surface area (Å²) in [6, 6.07) is 0.801. The minimum absolute atomic E-state index is 0.186. The van der Waals surface area contributed by atoms with Crippen molar-refractivity contribution in [2.45, 2.75) is 51.6 Å². The average molecular weight is 302 g/mol. The molecule has 0 aromatic carbocycles. The number of amides is 1. The smallest absolute Gasteiger partial charge is 0.240 e. The Morgan fingerprint density at radius 3 is 3.05 bits per heavy atom. The lowest BCUT2D eigenvalue weighted by Gasteiger charge is -2.43. The summed E-state index contributed by atoms with van der Waals surface area (Å²) in [5.74, 6) is 2.01. The predicted molar refractivity (Wildman–Crippen MR) is 85.9 cm³/mol. The number of hydrogen-bond donors (Lipinski definition) is 2. The second-order valence-corrected chi connectivity index (χ2v) is 7.67. The van der Waals surface area contributed by atoms with E-state index in [4.69, 9.17) is 0 Å². The van der Waals surface area contributed by atoms with E-state index in [1.807, 2.05) is 11.2 Å². The van der Waals surface area contributed by atoms with Crippen molar-refractivity contribution in [3.63, 3.8) is 0 Å². The van der Waals surface area contributed by atoms with E-state index in [1.54, 1.807) is 0 Å². The van der Waals surface area contributed by atoms with Crippen molar-refractivity contribution in [3.8, 4) is 0 Å². The minimum atomic E-state index is 0.186. The van der Waals surface area contributed by atoms with E-state index < -0.39 is 0 Å². The molecule has 5 heteroatoms. The highest BCUT2D eigenvalue weighted by Gasteiger charge is 2.53. The number of carbonyl (C=O) groups is 1. The van der Waals surface area contributed by atoms with Gasteiger partial charge in [-0.25, -0.2) is 5.43 Å². The van der Waals surface area contributed by atoms with E-state index in [0.29, 0.717) is 35.7 Å². The molecule has 22 heavy (non-hydrogen) atoms. The summed E-state index contributed by atoms with van der Waals surface area (Å²) in [6.07, 6.45) is 8.39. The lowest BCUT2D eigenvalue weighted by atomic mass is 9.77. The van der Waals surface area contributed by atoms with Crippen LogP contribution in [0, 0.1) is 23.7 Å². The molecule has 0 radical (unpaired) electrons. The molecule has 2 N–H and O–H groups in total. The summed E-state index contributed by atoms with van der Waals surface area (Å²) in [6.45, 7) is 5.16. The largest absolute Gasteiger partial charge is 0.303 e. The van der Waals surface area contributed by atoms with Gasteiger partial charge >= 0.3 is 0 Å². The number of carbonyl (C=O) groups excluding carboxylic acids is 1. The highest BCUT2D eigenvalue weighted by Crippen LogP contribution is 2.48. The first-order chi connectivity index (χ1) is 10.6. The van der Waals surface area contributed by atoms with Crippen LogP contribution in [0.4, 0.5) is 0 Å². The molecule has 0 aromatic rings. The average Bonchev–Trinajstić information content (AvgIpc) is 2.82. The van der Waals surface area contributed by atoms with E-state index >= 15 is 0 Å². The van der Waals surface area contributed by atoms with Gasteiger partial charge in [0.25, 0.3) is 0 Å². The second kappa shape index (κ2) is 5.37. The third-order valence-corrected chi connectivity index (χ3v) is 5.84. The van der Waals surface area contributed by atoms with Crippen molar-refractivity contribution in [2.24, 2.45) is 28.8 Å². The Balaban J connectivity index is 1.63. The Morgan fingerprint density at radius 2 is 2.23 bits per heavy atom. The minimum Gasteiger partial charge on any atom is -0.303 e. The van der Waals surface area contributed by atoms with Crippen LogP contribution in [0.5, 0.6) is 0 Å². The van der Waals surface area contributed by atoms with Gasteiger partial charge in [0.1, 0.15) is 0 Å². The van der Waals surface area contributed by atoms with Crippen LogP contribution in [-0.4, -0.2) is 35.8 Å². The number of allylic oxidation sites excluding steroid dienone is 1. The summed E-state index contributed by atoms with van der Waals surface area (Å²) < 4.78 is 0. The van der Waals surface area contributed by atoms with Gasteiger partial charge in [-0.1, -0.05) is 13.8 Å². The molecule has 0 bridgehead atoms. The van der Waals surface area contributed by atoms with Crippen molar-refractivity contribution in [3.05, 3.63) is 11.6 Å². The van der Waals surface area contributed by atoms with E-state index in [9.17, 15) is 4.79 Å². The first-order valence-electron chi connectivity index (χ1n) is 8.70. The van der Waals surface area contributed by atoms with E-state index in [1.165, 1.54) is 18.4 Å². The molecule has 5 atom stereocenters. The number of rotatable bonds is 2. The summed E-state index contributed by atoms with van der Waals surface area (Å²) >= 11 is 0. The van der Waals surface area contributed by atoms with Crippen LogP contribution in [0.3, 0.4) is 0 Å². The molecule has 5 unspecified atom stereocenters. The molecule has 4 aliphatic rings. The molecule has 1 amide bonds. The first kappa shape index (κ1) is 14.2. The standard InChI is InChI=1S/C17H26N4O/c1-10(2)9-21-17(22)13-4-3-11-7-8-18-19-16(11)12-5-6-14(20-21)15(12)13/h7-8,10,12-16,19-20H,3-6,9H2,1-2H3. The third kappa shape index (κ3) is 2.18. The van der Waals surface area contributed by atoms with Gasteiger partial charge in [0.2, 0.25) is 5.91 Å². The lowest BCUT2D eigenvalue weighted by Crippen LogP contribution is -2.61. The van der Waals surface area contributed by atoms with Gasteiger partial charge in [0, 0.05) is 24.7 Å². The van der Waals surface area contributed by atoms with Crippen molar-refractivity contribution in [2.75, 3.05) is 6.54 Å². The predicted octanol–water partition coefficient (Wildman–Crippen LogP) is 1.68. The molecule has 2 heterocycles. The fraction of sp³-hybridized carbons (Fsp3) is 0.765. The maximum Gasteiger partial charge on any atom is 0.240 e. The topological polar surface area (TPSA) is 56.7 Å². The Bertz CT molecular complexity index is 527. The van der Waals surface area contributed by atoms with Gasteiger partial charge < -0.3 is 5.43 Å². The second-order valence-electron chi connectivity index (χ2n) is 7.67. The molecule has 2 saturated carbocycles. The normalized spacial score (nSPS) is 40.0. The van der Waals surface area contributed by atoms with Gasteiger partial charge in [0.15, 0.2) is 0 Å². The van der Waals surface area contributed by atoms with E-state index in [2.05, 4.69) is 35.9 Å². The van der Waals surface area contributed by atoms with Crippen molar-refractivity contribution >= 4 is 12.1 Å². The van der Waals surface area contributed by atoms with Crippen LogP contribution < -0.4 is 10.9 Å². The maximum absolute atomic E-state index is 13.0. The molecule has 5 nitrogen and oxygen atoms in total. The van der Waals surface area contributed by atoms with Gasteiger partial charge in [-0.15, -0.1) is 0 Å². The zero-order chi connectivity index (χ0) is 15.3. The summed E-state index contributed by atoms with van der Waals surface area (Å²) in [5.41, 5.74) is 8.32. The van der Waals surface area contributed by atoms with Gasteiger partial charge in [0.05, 0.1) is 6.04 Å². The Kier molecular flexibility index (Phi) is 3.48. The Morgan fingerprint density at radius 1 is 1.36 bits per heavy atom. The monoisotopic (exact) mass is 302 g/mol. The summed E-state index contributed by atoms with van der Waals surface area (Å²) in [5, 5.41) is 6.19. The highest BCUT2D eigenvalue weighted by atomic mass is 16.2. The number of hydrogen-bond acceptors (Lipinski definition) is 4. The number of fused-ring (bicyclic) bond motifs is 2. The zero-order valence-corrected chi connectivity index (χ0v) is 13.5. The fourth-order valence-electron chi connectivity index (χ4n) is 5.00.